The predicted octanol–water partition coefficient (Wildman–Crippen LogP) is 10.2. The molecule has 3 aliphatic rings. The lowest BCUT2D eigenvalue weighted by molar-refractivity contribution is 0.196. The molecule has 194 valence electrons. The van der Waals surface area contributed by atoms with E-state index in [0.717, 1.165) is 31.1 Å². The second-order valence-corrected chi connectivity index (χ2v) is 13.6. The van der Waals surface area contributed by atoms with Gasteiger partial charge in [0.15, 0.2) is 0 Å². The normalized spacial score (nSPS) is 25.2. The number of aryl methyl sites for hydroxylation is 2. The van der Waals surface area contributed by atoms with Crippen molar-refractivity contribution in [3.8, 4) is 11.1 Å². The summed E-state index contributed by atoms with van der Waals surface area (Å²) in [5, 5.41) is 0. The molecule has 2 unspecified atom stereocenters. The van der Waals surface area contributed by atoms with Crippen molar-refractivity contribution in [1.82, 2.24) is 0 Å². The van der Waals surface area contributed by atoms with E-state index in [0.29, 0.717) is 17.3 Å². The molecule has 0 N–H and O–H groups in total. The van der Waals surface area contributed by atoms with Crippen LogP contribution in [0, 0.1) is 42.9 Å². The van der Waals surface area contributed by atoms with Crippen LogP contribution in [0.2, 0.25) is 0 Å². The number of fused-ring (bicyclic) bond motifs is 1. The number of allylic oxidation sites excluding steroid dienone is 5. The van der Waals surface area contributed by atoms with Crippen LogP contribution in [0.3, 0.4) is 0 Å². The predicted molar refractivity (Wildman–Crippen MR) is 162 cm³/mol. The van der Waals surface area contributed by atoms with E-state index in [9.17, 15) is 0 Å². The van der Waals surface area contributed by atoms with Gasteiger partial charge in [-0.25, -0.2) is 0 Å². The highest BCUT2D eigenvalue weighted by atomic mass is 14.4. The molecule has 37 heavy (non-hydrogen) atoms. The standard InChI is InChI=1S/C37H46/c1-23-16-26(4)34(21-29-14-12-24(29)2)36(17-23)32-11-9-10-30-18-28(20-35(30)32)19-33-25(3)13-15-31(27(33)5)22-37(6,7)8/h9-11,13,15-18,24,29,31,33H,3,5,12,14,19-22H2,1-2,4,6-8H3/t24-,29-,31?,33?/m0/s1. The van der Waals surface area contributed by atoms with E-state index in [1.54, 1.807) is 5.56 Å². The van der Waals surface area contributed by atoms with Crippen LogP contribution in [0.15, 0.2) is 72.4 Å². The maximum Gasteiger partial charge on any atom is 0.00827 e. The zero-order valence-electron chi connectivity index (χ0n) is 24.1. The fraction of sp³-hybridized carbons (Fsp3) is 0.459. The number of hydrogen-bond donors (Lipinski definition) is 0. The zero-order chi connectivity index (χ0) is 26.5. The third-order valence-electron chi connectivity index (χ3n) is 9.36. The molecule has 0 heteroatoms. The topological polar surface area (TPSA) is 0 Å². The largest absolute Gasteiger partial charge is 0.0986 e. The van der Waals surface area contributed by atoms with Crippen molar-refractivity contribution in [3.63, 3.8) is 0 Å². The summed E-state index contributed by atoms with van der Waals surface area (Å²) in [6.45, 7) is 23.0. The summed E-state index contributed by atoms with van der Waals surface area (Å²) in [7, 11) is 0. The third kappa shape index (κ3) is 5.36. The summed E-state index contributed by atoms with van der Waals surface area (Å²) in [4.78, 5) is 0. The van der Waals surface area contributed by atoms with Gasteiger partial charge in [-0.05, 0) is 108 Å². The van der Waals surface area contributed by atoms with Crippen LogP contribution in [0.5, 0.6) is 0 Å². The molecule has 0 aliphatic heterocycles. The van der Waals surface area contributed by atoms with Crippen molar-refractivity contribution in [3.05, 3.63) is 100 Å². The van der Waals surface area contributed by atoms with Crippen LogP contribution in [-0.4, -0.2) is 0 Å². The molecule has 3 aliphatic carbocycles. The van der Waals surface area contributed by atoms with Gasteiger partial charge in [0, 0.05) is 5.92 Å². The van der Waals surface area contributed by atoms with E-state index in [4.69, 9.17) is 0 Å². The van der Waals surface area contributed by atoms with E-state index in [2.05, 4.69) is 103 Å². The van der Waals surface area contributed by atoms with Crippen LogP contribution in [0.1, 0.15) is 81.2 Å². The molecule has 2 aromatic carbocycles. The van der Waals surface area contributed by atoms with Crippen molar-refractivity contribution in [2.75, 3.05) is 0 Å². The minimum atomic E-state index is 0.292. The first-order valence-electron chi connectivity index (χ1n) is 14.5. The molecule has 0 aromatic heterocycles. The van der Waals surface area contributed by atoms with E-state index < -0.39 is 0 Å². The van der Waals surface area contributed by atoms with Gasteiger partial charge in [0.1, 0.15) is 0 Å². The molecular formula is C37H46. The molecule has 1 saturated carbocycles. The Kier molecular flexibility index (Phi) is 6.99. The van der Waals surface area contributed by atoms with Crippen molar-refractivity contribution < 1.29 is 0 Å². The van der Waals surface area contributed by atoms with Crippen molar-refractivity contribution in [1.29, 1.82) is 0 Å². The Hall–Kier alpha value is -2.60. The maximum atomic E-state index is 4.61. The highest BCUT2D eigenvalue weighted by Gasteiger charge is 2.31. The van der Waals surface area contributed by atoms with E-state index >= 15 is 0 Å². The van der Waals surface area contributed by atoms with Gasteiger partial charge in [0.2, 0.25) is 0 Å². The van der Waals surface area contributed by atoms with Crippen molar-refractivity contribution in [2.45, 2.75) is 80.1 Å². The molecule has 2 aromatic rings. The Morgan fingerprint density at radius 1 is 0.973 bits per heavy atom. The quantitative estimate of drug-likeness (QED) is 0.353. The molecule has 0 saturated heterocycles. The second-order valence-electron chi connectivity index (χ2n) is 13.6. The van der Waals surface area contributed by atoms with Gasteiger partial charge < -0.3 is 0 Å². The second kappa shape index (κ2) is 9.94. The van der Waals surface area contributed by atoms with Crippen LogP contribution in [0.4, 0.5) is 0 Å². The Bertz CT molecular complexity index is 1290. The van der Waals surface area contributed by atoms with Gasteiger partial charge in [-0.2, -0.15) is 0 Å². The maximum absolute atomic E-state index is 4.61. The molecule has 0 radical (unpaired) electrons. The van der Waals surface area contributed by atoms with Crippen LogP contribution >= 0.6 is 0 Å². The van der Waals surface area contributed by atoms with Gasteiger partial charge in [-0.1, -0.05) is 113 Å². The average Bonchev–Trinajstić information content (AvgIpc) is 3.23. The Labute approximate surface area is 226 Å². The first-order valence-corrected chi connectivity index (χ1v) is 14.5. The minimum Gasteiger partial charge on any atom is -0.0986 e. The average molecular weight is 491 g/mol. The minimum absolute atomic E-state index is 0.292. The van der Waals surface area contributed by atoms with Gasteiger partial charge in [0.25, 0.3) is 0 Å². The molecule has 5 rings (SSSR count). The highest BCUT2D eigenvalue weighted by molar-refractivity contribution is 5.80. The molecule has 0 spiro atoms. The van der Waals surface area contributed by atoms with E-state index in [1.807, 2.05) is 0 Å². The van der Waals surface area contributed by atoms with E-state index in [1.165, 1.54) is 69.4 Å². The van der Waals surface area contributed by atoms with Crippen LogP contribution in [-0.2, 0) is 12.8 Å². The van der Waals surface area contributed by atoms with Gasteiger partial charge in [-0.15, -0.1) is 0 Å². The molecule has 0 nitrogen and oxygen atoms in total. The van der Waals surface area contributed by atoms with Crippen LogP contribution in [0.25, 0.3) is 17.2 Å². The van der Waals surface area contributed by atoms with Gasteiger partial charge >= 0.3 is 0 Å². The SMILES string of the molecule is C=C1C=CC(CC(C)(C)C)C(=C)C1CC1=Cc2cccc(-c3cc(C)cc(C)c3C[C@@H]3CC[C@@H]3C)c2C1. The van der Waals surface area contributed by atoms with Gasteiger partial charge in [-0.3, -0.25) is 0 Å². The van der Waals surface area contributed by atoms with Gasteiger partial charge in [0.05, 0.1) is 0 Å². The van der Waals surface area contributed by atoms with E-state index in [-0.39, 0.29) is 0 Å². The third-order valence-corrected chi connectivity index (χ3v) is 9.36. The molecular weight excluding hydrogens is 444 g/mol. The Morgan fingerprint density at radius 2 is 1.76 bits per heavy atom. The number of rotatable bonds is 6. The molecule has 0 amide bonds. The summed E-state index contributed by atoms with van der Waals surface area (Å²) < 4.78 is 0. The highest BCUT2D eigenvalue weighted by Crippen LogP contribution is 2.45. The molecule has 0 bridgehead atoms. The molecule has 4 atom stereocenters. The smallest absolute Gasteiger partial charge is 0.00827 e. The first kappa shape index (κ1) is 26.0. The first-order chi connectivity index (χ1) is 17.5. The molecule has 0 heterocycles. The lowest BCUT2D eigenvalue weighted by atomic mass is 9.70. The summed E-state index contributed by atoms with van der Waals surface area (Å²) in [5.41, 5.74) is 14.6. The lowest BCUT2D eigenvalue weighted by Gasteiger charge is -2.35. The Morgan fingerprint density at radius 3 is 2.43 bits per heavy atom. The monoisotopic (exact) mass is 490 g/mol. The summed E-state index contributed by atoms with van der Waals surface area (Å²) in [5.74, 6) is 2.49. The number of benzene rings is 2. The van der Waals surface area contributed by atoms with Crippen molar-refractivity contribution in [2.24, 2.45) is 29.1 Å². The fourth-order valence-corrected chi connectivity index (χ4v) is 6.99. The summed E-state index contributed by atoms with van der Waals surface area (Å²) in [6.07, 6.45) is 14.3. The zero-order valence-corrected chi connectivity index (χ0v) is 24.1. The molecule has 1 fully saturated rings. The summed E-state index contributed by atoms with van der Waals surface area (Å²) >= 11 is 0. The Balaban J connectivity index is 1.41. The lowest BCUT2D eigenvalue weighted by Crippen LogP contribution is -2.25. The summed E-state index contributed by atoms with van der Waals surface area (Å²) in [6, 6.07) is 11.8. The fourth-order valence-electron chi connectivity index (χ4n) is 6.99. The van der Waals surface area contributed by atoms with Crippen molar-refractivity contribution >= 4 is 6.08 Å². The number of hydrogen-bond acceptors (Lipinski definition) is 0. The van der Waals surface area contributed by atoms with Crippen LogP contribution < -0.4 is 0 Å².